The molecule has 0 spiro atoms. The Morgan fingerprint density at radius 3 is 2.57 bits per heavy atom. The van der Waals surface area contributed by atoms with Crippen molar-refractivity contribution in [2.45, 2.75) is 6.42 Å². The van der Waals surface area contributed by atoms with Crippen molar-refractivity contribution in [2.24, 2.45) is 5.73 Å². The van der Waals surface area contributed by atoms with Crippen molar-refractivity contribution in [3.8, 4) is 11.8 Å². The molecule has 0 aromatic carbocycles. The number of halogens is 1. The lowest BCUT2D eigenvalue weighted by atomic mass is 10.5. The van der Waals surface area contributed by atoms with Crippen LogP contribution in [-0.2, 0) is 0 Å². The summed E-state index contributed by atoms with van der Waals surface area (Å²) in [6.07, 6.45) is 0.749. The molecule has 0 atom stereocenters. The van der Waals surface area contributed by atoms with Crippen molar-refractivity contribution >= 4 is 11.6 Å². The molecule has 0 aromatic rings. The van der Waals surface area contributed by atoms with Crippen LogP contribution in [0.3, 0.4) is 0 Å². The van der Waals surface area contributed by atoms with E-state index in [1.54, 1.807) is 0 Å². The quantitative estimate of drug-likeness (QED) is 0.395. The van der Waals surface area contributed by atoms with Gasteiger partial charge in [0.15, 0.2) is 0 Å². The maximum absolute atomic E-state index is 5.29. The molecule has 0 aliphatic heterocycles. The zero-order valence-corrected chi connectivity index (χ0v) is 4.83. The molecule has 0 heterocycles. The lowest BCUT2D eigenvalue weighted by Crippen LogP contribution is -1.92. The largest absolute Gasteiger partial charge is 0.320 e. The van der Waals surface area contributed by atoms with Crippen LogP contribution in [0.15, 0.2) is 0 Å². The highest BCUT2D eigenvalue weighted by atomic mass is 35.5. The second kappa shape index (κ2) is 5.81. The molecule has 0 amide bonds. The Balaban J connectivity index is 2.91. The Labute approximate surface area is 48.8 Å². The zero-order valence-electron chi connectivity index (χ0n) is 4.08. The van der Waals surface area contributed by atoms with Crippen LogP contribution in [0.4, 0.5) is 0 Å². The van der Waals surface area contributed by atoms with Crippen molar-refractivity contribution < 1.29 is 0 Å². The van der Waals surface area contributed by atoms with E-state index in [-0.39, 0.29) is 0 Å². The number of hydrogen-bond acceptors (Lipinski definition) is 1. The average Bonchev–Trinajstić information content (AvgIpc) is 1.69. The molecular formula is C5H8ClN. The van der Waals surface area contributed by atoms with Crippen molar-refractivity contribution in [1.82, 2.24) is 0 Å². The first-order chi connectivity index (χ1) is 3.41. The predicted molar refractivity (Wildman–Crippen MR) is 32.2 cm³/mol. The van der Waals surface area contributed by atoms with E-state index in [1.165, 1.54) is 0 Å². The average molecular weight is 118 g/mol. The highest BCUT2D eigenvalue weighted by Gasteiger charge is 1.67. The Morgan fingerprint density at radius 2 is 2.14 bits per heavy atom. The fourth-order valence-corrected chi connectivity index (χ4v) is 0.302. The smallest absolute Gasteiger partial charge is 0.0551 e. The molecule has 2 heteroatoms. The van der Waals surface area contributed by atoms with Crippen molar-refractivity contribution in [3.05, 3.63) is 0 Å². The molecule has 0 aromatic heterocycles. The number of hydrogen-bond donors (Lipinski definition) is 1. The lowest BCUT2D eigenvalue weighted by Gasteiger charge is -1.73. The van der Waals surface area contributed by atoms with Gasteiger partial charge in [0.1, 0.15) is 0 Å². The molecule has 0 saturated carbocycles. The fourth-order valence-electron chi connectivity index (χ4n) is 0.208. The molecule has 1 nitrogen and oxygen atoms in total. The first-order valence-corrected chi connectivity index (χ1v) is 2.67. The topological polar surface area (TPSA) is 26.0 Å². The summed E-state index contributed by atoms with van der Waals surface area (Å²) < 4.78 is 0. The van der Waals surface area contributed by atoms with Crippen LogP contribution < -0.4 is 5.73 Å². The number of rotatable bonds is 1. The summed E-state index contributed by atoms with van der Waals surface area (Å²) in [5, 5.41) is 0. The van der Waals surface area contributed by atoms with E-state index < -0.39 is 0 Å². The van der Waals surface area contributed by atoms with Crippen LogP contribution >= 0.6 is 11.6 Å². The molecule has 0 radical (unpaired) electrons. The molecule has 0 bridgehead atoms. The van der Waals surface area contributed by atoms with E-state index in [1.807, 2.05) is 0 Å². The first kappa shape index (κ1) is 6.81. The molecule has 40 valence electrons. The van der Waals surface area contributed by atoms with Crippen molar-refractivity contribution in [3.63, 3.8) is 0 Å². The highest BCUT2D eigenvalue weighted by molar-refractivity contribution is 6.17. The van der Waals surface area contributed by atoms with Gasteiger partial charge in [-0.3, -0.25) is 0 Å². The van der Waals surface area contributed by atoms with E-state index in [2.05, 4.69) is 11.8 Å². The van der Waals surface area contributed by atoms with Crippen LogP contribution in [0.5, 0.6) is 0 Å². The molecular weight excluding hydrogens is 110 g/mol. The Bertz CT molecular complexity index is 79.8. The summed E-state index contributed by atoms with van der Waals surface area (Å²) >= 11 is 5.29. The maximum atomic E-state index is 5.29. The number of alkyl halides is 1. The predicted octanol–water partition coefficient (Wildman–Crippen LogP) is 0.577. The van der Waals surface area contributed by atoms with Gasteiger partial charge in [-0.05, 0) is 0 Å². The molecule has 0 saturated heterocycles. The van der Waals surface area contributed by atoms with E-state index in [0.29, 0.717) is 12.4 Å². The number of nitrogens with two attached hydrogens (primary N) is 1. The van der Waals surface area contributed by atoms with Gasteiger partial charge >= 0.3 is 0 Å². The minimum absolute atomic E-state index is 0.441. The van der Waals surface area contributed by atoms with E-state index in [9.17, 15) is 0 Å². The minimum Gasteiger partial charge on any atom is -0.320 e. The summed E-state index contributed by atoms with van der Waals surface area (Å²) in [6.45, 7) is 0.441. The van der Waals surface area contributed by atoms with E-state index in [0.717, 1.165) is 6.42 Å². The molecule has 0 rings (SSSR count). The van der Waals surface area contributed by atoms with Gasteiger partial charge in [-0.1, -0.05) is 5.92 Å². The fraction of sp³-hybridized carbons (Fsp3) is 0.600. The Morgan fingerprint density at radius 1 is 1.43 bits per heavy atom. The summed E-state index contributed by atoms with van der Waals surface area (Å²) in [5.41, 5.74) is 5.05. The first-order valence-electron chi connectivity index (χ1n) is 2.13. The Kier molecular flexibility index (Phi) is 5.65. The van der Waals surface area contributed by atoms with Crippen LogP contribution in [0.2, 0.25) is 0 Å². The summed E-state index contributed by atoms with van der Waals surface area (Å²) in [4.78, 5) is 0. The molecule has 0 aliphatic rings. The van der Waals surface area contributed by atoms with Crippen molar-refractivity contribution in [1.29, 1.82) is 0 Å². The Hall–Kier alpha value is -0.190. The highest BCUT2D eigenvalue weighted by Crippen LogP contribution is 1.77. The SMILES string of the molecule is NCC#CCCCl. The van der Waals surface area contributed by atoms with Gasteiger partial charge in [0, 0.05) is 12.3 Å². The minimum atomic E-state index is 0.441. The van der Waals surface area contributed by atoms with Crippen LogP contribution in [0.1, 0.15) is 6.42 Å². The second-order valence-corrected chi connectivity index (χ2v) is 1.37. The molecule has 7 heavy (non-hydrogen) atoms. The van der Waals surface area contributed by atoms with Gasteiger partial charge < -0.3 is 5.73 Å². The summed E-state index contributed by atoms with van der Waals surface area (Å²) in [6, 6.07) is 0. The van der Waals surface area contributed by atoms with Gasteiger partial charge in [-0.2, -0.15) is 0 Å². The third-order valence-corrected chi connectivity index (χ3v) is 0.636. The second-order valence-electron chi connectivity index (χ2n) is 0.997. The van der Waals surface area contributed by atoms with Crippen LogP contribution in [0, 0.1) is 11.8 Å². The lowest BCUT2D eigenvalue weighted by molar-refractivity contribution is 1.25. The van der Waals surface area contributed by atoms with Gasteiger partial charge in [-0.15, -0.1) is 17.5 Å². The molecule has 2 N–H and O–H groups in total. The summed E-state index contributed by atoms with van der Waals surface area (Å²) in [7, 11) is 0. The van der Waals surface area contributed by atoms with E-state index >= 15 is 0 Å². The standard InChI is InChI=1S/C5H8ClN/c6-4-2-1-3-5-7/h2,4-5,7H2. The van der Waals surface area contributed by atoms with Gasteiger partial charge in [-0.25, -0.2) is 0 Å². The van der Waals surface area contributed by atoms with Gasteiger partial charge in [0.05, 0.1) is 6.54 Å². The maximum Gasteiger partial charge on any atom is 0.0551 e. The van der Waals surface area contributed by atoms with Crippen LogP contribution in [0.25, 0.3) is 0 Å². The van der Waals surface area contributed by atoms with Crippen molar-refractivity contribution in [2.75, 3.05) is 12.4 Å². The third-order valence-electron chi connectivity index (χ3n) is 0.447. The summed E-state index contributed by atoms with van der Waals surface area (Å²) in [5.74, 6) is 6.07. The normalized spacial score (nSPS) is 7.14. The molecule has 0 unspecified atom stereocenters. The third kappa shape index (κ3) is 5.81. The van der Waals surface area contributed by atoms with Gasteiger partial charge in [0.2, 0.25) is 0 Å². The molecule has 0 aliphatic carbocycles. The zero-order chi connectivity index (χ0) is 5.54. The van der Waals surface area contributed by atoms with E-state index in [4.69, 9.17) is 17.3 Å². The van der Waals surface area contributed by atoms with Crippen LogP contribution in [-0.4, -0.2) is 12.4 Å². The monoisotopic (exact) mass is 117 g/mol. The van der Waals surface area contributed by atoms with Gasteiger partial charge in [0.25, 0.3) is 0 Å². The molecule has 0 fully saturated rings.